The van der Waals surface area contributed by atoms with Crippen LogP contribution in [0.15, 0.2) is 42.7 Å². The van der Waals surface area contributed by atoms with Gasteiger partial charge in [-0.15, -0.1) is 0 Å². The molecular formula is C21H21N5O3. The van der Waals surface area contributed by atoms with Gasteiger partial charge in [-0.05, 0) is 6.42 Å². The summed E-state index contributed by atoms with van der Waals surface area (Å²) >= 11 is 0. The van der Waals surface area contributed by atoms with E-state index in [1.54, 1.807) is 4.90 Å². The zero-order chi connectivity index (χ0) is 20.4. The minimum Gasteiger partial charge on any atom is -0.464 e. The van der Waals surface area contributed by atoms with Gasteiger partial charge in [-0.1, -0.05) is 30.3 Å². The number of fused-ring (bicyclic) bond motifs is 1. The summed E-state index contributed by atoms with van der Waals surface area (Å²) in [6, 6.07) is 10.2. The van der Waals surface area contributed by atoms with Gasteiger partial charge >= 0.3 is 5.97 Å². The zero-order valence-electron chi connectivity index (χ0n) is 16.3. The van der Waals surface area contributed by atoms with E-state index in [0.29, 0.717) is 25.9 Å². The Hall–Kier alpha value is -3.55. The molecule has 8 heteroatoms. The molecule has 0 N–H and O–H groups in total. The number of carbonyl (C=O) groups is 2. The molecule has 29 heavy (non-hydrogen) atoms. The van der Waals surface area contributed by atoms with E-state index in [0.717, 1.165) is 17.0 Å². The largest absolute Gasteiger partial charge is 0.464 e. The summed E-state index contributed by atoms with van der Waals surface area (Å²) < 4.78 is 6.53. The van der Waals surface area contributed by atoms with Crippen molar-refractivity contribution in [2.24, 2.45) is 7.05 Å². The molecule has 1 amide bonds. The van der Waals surface area contributed by atoms with Crippen LogP contribution in [0.3, 0.4) is 0 Å². The van der Waals surface area contributed by atoms with E-state index in [-0.39, 0.29) is 17.3 Å². The standard InChI is InChI=1S/C21H21N5O3/c1-25-19(14-6-4-3-5-7-14)15-8-10-26(11-9-16(15)24-25)20(27)17-12-23-18(13-22-17)21(28)29-2/h3-7,12-13H,8-11H2,1-2H3. The number of methoxy groups -OCH3 is 1. The maximum Gasteiger partial charge on any atom is 0.358 e. The number of rotatable bonds is 3. The third kappa shape index (κ3) is 3.61. The summed E-state index contributed by atoms with van der Waals surface area (Å²) in [7, 11) is 3.23. The zero-order valence-corrected chi connectivity index (χ0v) is 16.3. The molecule has 148 valence electrons. The highest BCUT2D eigenvalue weighted by molar-refractivity contribution is 5.93. The molecule has 0 bridgehead atoms. The molecule has 0 spiro atoms. The highest BCUT2D eigenvalue weighted by atomic mass is 16.5. The maximum atomic E-state index is 12.9. The van der Waals surface area contributed by atoms with Gasteiger partial charge in [-0.3, -0.25) is 9.48 Å². The van der Waals surface area contributed by atoms with Crippen molar-refractivity contribution in [1.82, 2.24) is 24.6 Å². The van der Waals surface area contributed by atoms with Gasteiger partial charge in [0.15, 0.2) is 5.69 Å². The van der Waals surface area contributed by atoms with Crippen molar-refractivity contribution in [2.45, 2.75) is 12.8 Å². The quantitative estimate of drug-likeness (QED) is 0.634. The first kappa shape index (κ1) is 18.8. The van der Waals surface area contributed by atoms with Gasteiger partial charge < -0.3 is 9.64 Å². The molecule has 0 fully saturated rings. The number of hydrogen-bond donors (Lipinski definition) is 0. The molecule has 3 heterocycles. The van der Waals surface area contributed by atoms with Gasteiger partial charge in [0.05, 0.1) is 30.9 Å². The number of amides is 1. The number of ether oxygens (including phenoxy) is 1. The molecule has 2 aromatic heterocycles. The molecule has 1 aromatic carbocycles. The predicted molar refractivity (Wildman–Crippen MR) is 105 cm³/mol. The predicted octanol–water partition coefficient (Wildman–Crippen LogP) is 1.90. The Kier molecular flexibility index (Phi) is 5.07. The maximum absolute atomic E-state index is 12.9. The van der Waals surface area contributed by atoms with Gasteiger partial charge in [0.1, 0.15) is 5.69 Å². The van der Waals surface area contributed by atoms with E-state index >= 15 is 0 Å². The molecule has 0 atom stereocenters. The lowest BCUT2D eigenvalue weighted by Gasteiger charge is -2.19. The first-order valence-electron chi connectivity index (χ1n) is 9.38. The second-order valence-electron chi connectivity index (χ2n) is 6.83. The van der Waals surface area contributed by atoms with E-state index in [1.807, 2.05) is 29.9 Å². The second kappa shape index (κ2) is 7.83. The fourth-order valence-electron chi connectivity index (χ4n) is 3.66. The summed E-state index contributed by atoms with van der Waals surface area (Å²) in [4.78, 5) is 34.2. The second-order valence-corrected chi connectivity index (χ2v) is 6.83. The molecule has 0 saturated carbocycles. The first-order chi connectivity index (χ1) is 14.1. The molecule has 4 rings (SSSR count). The lowest BCUT2D eigenvalue weighted by molar-refractivity contribution is 0.0592. The van der Waals surface area contributed by atoms with E-state index in [1.165, 1.54) is 25.1 Å². The fourth-order valence-corrected chi connectivity index (χ4v) is 3.66. The molecule has 0 aliphatic carbocycles. The third-order valence-corrected chi connectivity index (χ3v) is 5.08. The summed E-state index contributed by atoms with van der Waals surface area (Å²) in [5.41, 5.74) is 4.70. The average molecular weight is 391 g/mol. The lowest BCUT2D eigenvalue weighted by Crippen LogP contribution is -2.34. The van der Waals surface area contributed by atoms with Crippen LogP contribution in [0, 0.1) is 0 Å². The number of benzene rings is 1. The van der Waals surface area contributed by atoms with Crippen molar-refractivity contribution in [2.75, 3.05) is 20.2 Å². The molecule has 0 saturated heterocycles. The van der Waals surface area contributed by atoms with Crippen LogP contribution in [-0.4, -0.2) is 56.7 Å². The Balaban J connectivity index is 1.54. The first-order valence-corrected chi connectivity index (χ1v) is 9.38. The smallest absolute Gasteiger partial charge is 0.358 e. The van der Waals surface area contributed by atoms with E-state index < -0.39 is 5.97 Å². The molecule has 1 aliphatic rings. The Bertz CT molecular complexity index is 1040. The number of aryl methyl sites for hydroxylation is 1. The van der Waals surface area contributed by atoms with Gasteiger partial charge in [0, 0.05) is 37.7 Å². The Morgan fingerprint density at radius 1 is 1.00 bits per heavy atom. The van der Waals surface area contributed by atoms with Crippen LogP contribution < -0.4 is 0 Å². The summed E-state index contributed by atoms with van der Waals surface area (Å²) in [6.45, 7) is 1.12. The Morgan fingerprint density at radius 3 is 2.38 bits per heavy atom. The number of aromatic nitrogens is 4. The molecular weight excluding hydrogens is 370 g/mol. The van der Waals surface area contributed by atoms with E-state index in [4.69, 9.17) is 5.10 Å². The van der Waals surface area contributed by atoms with Crippen molar-refractivity contribution in [3.63, 3.8) is 0 Å². The van der Waals surface area contributed by atoms with Crippen LogP contribution >= 0.6 is 0 Å². The van der Waals surface area contributed by atoms with Crippen LogP contribution in [0.2, 0.25) is 0 Å². The average Bonchev–Trinajstić information content (AvgIpc) is 2.94. The SMILES string of the molecule is COC(=O)c1cnc(C(=O)N2CCc3nn(C)c(-c4ccccc4)c3CC2)cn1. The van der Waals surface area contributed by atoms with Crippen LogP contribution in [0.4, 0.5) is 0 Å². The van der Waals surface area contributed by atoms with Crippen molar-refractivity contribution in [3.05, 3.63) is 65.4 Å². The highest BCUT2D eigenvalue weighted by Crippen LogP contribution is 2.28. The van der Waals surface area contributed by atoms with E-state index in [2.05, 4.69) is 26.8 Å². The van der Waals surface area contributed by atoms with Crippen molar-refractivity contribution in [1.29, 1.82) is 0 Å². The van der Waals surface area contributed by atoms with Gasteiger partial charge in [-0.2, -0.15) is 5.10 Å². The minimum absolute atomic E-state index is 0.0736. The van der Waals surface area contributed by atoms with Gasteiger partial charge in [0.2, 0.25) is 0 Å². The Labute approximate surface area is 168 Å². The molecule has 0 unspecified atom stereocenters. The van der Waals surface area contributed by atoms with Crippen LogP contribution in [-0.2, 0) is 24.6 Å². The third-order valence-electron chi connectivity index (χ3n) is 5.08. The van der Waals surface area contributed by atoms with Crippen LogP contribution in [0.25, 0.3) is 11.3 Å². The van der Waals surface area contributed by atoms with Gasteiger partial charge in [0.25, 0.3) is 5.91 Å². The minimum atomic E-state index is -0.582. The molecule has 3 aromatic rings. The lowest BCUT2D eigenvalue weighted by atomic mass is 10.0. The van der Waals surface area contributed by atoms with Crippen molar-refractivity contribution < 1.29 is 14.3 Å². The Morgan fingerprint density at radius 2 is 1.69 bits per heavy atom. The van der Waals surface area contributed by atoms with Crippen LogP contribution in [0.1, 0.15) is 32.2 Å². The number of hydrogen-bond acceptors (Lipinski definition) is 6. The van der Waals surface area contributed by atoms with Gasteiger partial charge in [-0.25, -0.2) is 14.8 Å². The summed E-state index contributed by atoms with van der Waals surface area (Å²) in [6.07, 6.45) is 3.98. The highest BCUT2D eigenvalue weighted by Gasteiger charge is 2.26. The normalized spacial score (nSPS) is 13.5. The number of carbonyl (C=O) groups excluding carboxylic acids is 2. The van der Waals surface area contributed by atoms with E-state index in [9.17, 15) is 9.59 Å². The number of esters is 1. The topological polar surface area (TPSA) is 90.2 Å². The number of nitrogens with zero attached hydrogens (tertiary/aromatic N) is 5. The summed E-state index contributed by atoms with van der Waals surface area (Å²) in [5.74, 6) is -0.786. The van der Waals surface area contributed by atoms with Crippen molar-refractivity contribution in [3.8, 4) is 11.3 Å². The fraction of sp³-hybridized carbons (Fsp3) is 0.286. The monoisotopic (exact) mass is 391 g/mol. The molecule has 8 nitrogen and oxygen atoms in total. The summed E-state index contributed by atoms with van der Waals surface area (Å²) in [5, 5.41) is 4.69. The molecule has 1 aliphatic heterocycles. The van der Waals surface area contributed by atoms with Crippen LogP contribution in [0.5, 0.6) is 0 Å². The molecule has 0 radical (unpaired) electrons. The van der Waals surface area contributed by atoms with Crippen molar-refractivity contribution >= 4 is 11.9 Å².